The summed E-state index contributed by atoms with van der Waals surface area (Å²) in [5, 5.41) is 0. The van der Waals surface area contributed by atoms with Gasteiger partial charge in [0.2, 0.25) is 0 Å². The third-order valence-electron chi connectivity index (χ3n) is 4.84. The summed E-state index contributed by atoms with van der Waals surface area (Å²) in [6, 6.07) is 0. The van der Waals surface area contributed by atoms with Gasteiger partial charge in [-0.3, -0.25) is 0 Å². The minimum atomic E-state index is 0.890. The van der Waals surface area contributed by atoms with E-state index in [2.05, 4.69) is 48.1 Å². The van der Waals surface area contributed by atoms with Crippen molar-refractivity contribution in [2.45, 2.75) is 148 Å². The Morgan fingerprint density at radius 3 is 1.29 bits per heavy atom. The number of rotatable bonds is 6. The lowest BCUT2D eigenvalue weighted by molar-refractivity contribution is 0.308. The summed E-state index contributed by atoms with van der Waals surface area (Å²) in [6.45, 7) is 31.3. The zero-order chi connectivity index (χ0) is 23.4. The van der Waals surface area contributed by atoms with E-state index in [1.807, 2.05) is 48.5 Å². The van der Waals surface area contributed by atoms with Crippen molar-refractivity contribution < 1.29 is 0 Å². The average Bonchev–Trinajstić information content (AvgIpc) is 2.73. The fourth-order valence-electron chi connectivity index (χ4n) is 3.07. The molecule has 0 aromatic carbocycles. The van der Waals surface area contributed by atoms with E-state index < -0.39 is 0 Å². The molecule has 0 aromatic heterocycles. The van der Waals surface area contributed by atoms with Gasteiger partial charge in [0, 0.05) is 0 Å². The molecular weight excluding hydrogens is 336 g/mol. The van der Waals surface area contributed by atoms with Crippen LogP contribution >= 0.6 is 0 Å². The van der Waals surface area contributed by atoms with Crippen molar-refractivity contribution in [1.29, 1.82) is 0 Å². The van der Waals surface area contributed by atoms with Crippen molar-refractivity contribution in [1.82, 2.24) is 0 Å². The van der Waals surface area contributed by atoms with Gasteiger partial charge in [0.25, 0.3) is 0 Å². The van der Waals surface area contributed by atoms with Gasteiger partial charge < -0.3 is 0 Å². The summed E-state index contributed by atoms with van der Waals surface area (Å²) in [4.78, 5) is 0. The summed E-state index contributed by atoms with van der Waals surface area (Å²) in [5.41, 5.74) is 0. The lowest BCUT2D eigenvalue weighted by atomic mass is 9.84. The molecular formula is C28H64. The predicted molar refractivity (Wildman–Crippen MR) is 139 cm³/mol. The molecule has 0 saturated heterocycles. The monoisotopic (exact) mass is 401 g/mol. The minimum absolute atomic E-state index is 0.890. The summed E-state index contributed by atoms with van der Waals surface area (Å²) in [7, 11) is 0. The Balaban J connectivity index is -0.0000000907. The van der Waals surface area contributed by atoms with Crippen molar-refractivity contribution in [3.05, 3.63) is 12.7 Å². The molecule has 0 spiro atoms. The van der Waals surface area contributed by atoms with Crippen molar-refractivity contribution in [2.75, 3.05) is 0 Å². The molecule has 0 aromatic rings. The first kappa shape index (κ1) is 38.4. The van der Waals surface area contributed by atoms with Gasteiger partial charge in [-0.25, -0.2) is 0 Å². The van der Waals surface area contributed by atoms with Crippen LogP contribution in [0, 0.1) is 23.7 Å². The van der Waals surface area contributed by atoms with Crippen molar-refractivity contribution in [3.8, 4) is 0 Å². The molecule has 1 rings (SSSR count). The van der Waals surface area contributed by atoms with E-state index in [1.165, 1.54) is 57.8 Å². The molecule has 176 valence electrons. The Morgan fingerprint density at radius 2 is 1.07 bits per heavy atom. The quantitative estimate of drug-likeness (QED) is 0.389. The maximum atomic E-state index is 3.36. The van der Waals surface area contributed by atoms with Crippen LogP contribution in [0.5, 0.6) is 0 Å². The van der Waals surface area contributed by atoms with Gasteiger partial charge in [0.05, 0.1) is 0 Å². The maximum Gasteiger partial charge on any atom is -0.0391 e. The smallest absolute Gasteiger partial charge is 0.0391 e. The molecule has 1 aliphatic carbocycles. The van der Waals surface area contributed by atoms with Gasteiger partial charge in [-0.15, -0.1) is 6.58 Å². The maximum absolute atomic E-state index is 3.36. The largest absolute Gasteiger partial charge is 0.103 e. The molecule has 0 heteroatoms. The third-order valence-corrected chi connectivity index (χ3v) is 4.84. The van der Waals surface area contributed by atoms with Crippen LogP contribution in [0.4, 0.5) is 0 Å². The Labute approximate surface area is 184 Å². The predicted octanol–water partition coefficient (Wildman–Crippen LogP) is 11.4. The van der Waals surface area contributed by atoms with Gasteiger partial charge in [-0.05, 0) is 30.6 Å². The van der Waals surface area contributed by atoms with Crippen molar-refractivity contribution in [3.63, 3.8) is 0 Å². The van der Waals surface area contributed by atoms with Crippen LogP contribution < -0.4 is 0 Å². The van der Waals surface area contributed by atoms with E-state index in [4.69, 9.17) is 0 Å². The SMILES string of the molecule is C=CC.CC.CC.CC.CC1CCC(C)CC1.CCCCC(CCC)C(C)C. The minimum Gasteiger partial charge on any atom is -0.103 e. The summed E-state index contributed by atoms with van der Waals surface area (Å²) < 4.78 is 0. The summed E-state index contributed by atoms with van der Waals surface area (Å²) in [6.07, 6.45) is 14.6. The fraction of sp³-hybridized carbons (Fsp3) is 0.929. The standard InChI is InChI=1S/C11H24.C8H16.C3H6.3C2H6/c1-5-7-9-11(8-6-2)10(3)4;1-7-3-5-8(2)6-4-7;1-3-2;3*1-2/h10-11H,5-9H2,1-4H3;7-8H,3-6H2,1-2H3;3H,1H2,2H3;3*1-2H3. The van der Waals surface area contributed by atoms with Crippen molar-refractivity contribution >= 4 is 0 Å². The second kappa shape index (κ2) is 37.5. The first-order valence-corrected chi connectivity index (χ1v) is 13.0. The second-order valence-corrected chi connectivity index (χ2v) is 7.71. The molecule has 1 atom stereocenters. The van der Waals surface area contributed by atoms with Crippen LogP contribution in [-0.4, -0.2) is 0 Å². The van der Waals surface area contributed by atoms with Crippen LogP contribution in [0.2, 0.25) is 0 Å². The van der Waals surface area contributed by atoms with Crippen LogP contribution in [0.1, 0.15) is 148 Å². The third kappa shape index (κ3) is 36.6. The molecule has 0 radical (unpaired) electrons. The van der Waals surface area contributed by atoms with E-state index in [-0.39, 0.29) is 0 Å². The van der Waals surface area contributed by atoms with E-state index in [0.717, 1.165) is 23.7 Å². The number of hydrogen-bond donors (Lipinski definition) is 0. The molecule has 1 aliphatic rings. The number of allylic oxidation sites excluding steroid dienone is 1. The Hall–Kier alpha value is -0.260. The first-order chi connectivity index (χ1) is 13.4. The molecule has 0 amide bonds. The topological polar surface area (TPSA) is 0 Å². The zero-order valence-electron chi connectivity index (χ0n) is 23.0. The molecule has 0 bridgehead atoms. The highest BCUT2D eigenvalue weighted by Crippen LogP contribution is 2.27. The molecule has 28 heavy (non-hydrogen) atoms. The van der Waals surface area contributed by atoms with E-state index >= 15 is 0 Å². The van der Waals surface area contributed by atoms with E-state index in [1.54, 1.807) is 6.08 Å². The van der Waals surface area contributed by atoms with Crippen LogP contribution in [0.25, 0.3) is 0 Å². The number of hydrogen-bond acceptors (Lipinski definition) is 0. The highest BCUT2D eigenvalue weighted by Gasteiger charge is 2.13. The molecule has 1 saturated carbocycles. The Morgan fingerprint density at radius 1 is 0.750 bits per heavy atom. The average molecular weight is 401 g/mol. The Kier molecular flexibility index (Phi) is 51.4. The van der Waals surface area contributed by atoms with Crippen LogP contribution in [-0.2, 0) is 0 Å². The summed E-state index contributed by atoms with van der Waals surface area (Å²) >= 11 is 0. The van der Waals surface area contributed by atoms with Gasteiger partial charge in [-0.2, -0.15) is 0 Å². The lowest BCUT2D eigenvalue weighted by Crippen LogP contribution is -2.08. The van der Waals surface area contributed by atoms with Gasteiger partial charge >= 0.3 is 0 Å². The lowest BCUT2D eigenvalue weighted by Gasteiger charge is -2.22. The van der Waals surface area contributed by atoms with Gasteiger partial charge in [0.1, 0.15) is 0 Å². The fourth-order valence-corrected chi connectivity index (χ4v) is 3.07. The molecule has 0 N–H and O–H groups in total. The van der Waals surface area contributed by atoms with Gasteiger partial charge in [0.15, 0.2) is 0 Å². The molecule has 0 heterocycles. The van der Waals surface area contributed by atoms with Crippen LogP contribution in [0.3, 0.4) is 0 Å². The van der Waals surface area contributed by atoms with Crippen molar-refractivity contribution in [2.24, 2.45) is 23.7 Å². The highest BCUT2D eigenvalue weighted by atomic mass is 14.2. The summed E-state index contributed by atoms with van der Waals surface area (Å²) in [5.74, 6) is 3.92. The Bertz CT molecular complexity index is 198. The van der Waals surface area contributed by atoms with E-state index in [9.17, 15) is 0 Å². The van der Waals surface area contributed by atoms with Crippen LogP contribution in [0.15, 0.2) is 12.7 Å². The number of unbranched alkanes of at least 4 members (excludes halogenated alkanes) is 1. The van der Waals surface area contributed by atoms with E-state index in [0.29, 0.717) is 0 Å². The first-order valence-electron chi connectivity index (χ1n) is 13.0. The normalized spacial score (nSPS) is 17.9. The zero-order valence-corrected chi connectivity index (χ0v) is 23.0. The molecule has 1 unspecified atom stereocenters. The van der Waals surface area contributed by atoms with Gasteiger partial charge in [-0.1, -0.05) is 147 Å². The second-order valence-electron chi connectivity index (χ2n) is 7.71. The highest BCUT2D eigenvalue weighted by molar-refractivity contribution is 4.65. The molecule has 1 fully saturated rings. The molecule has 0 aliphatic heterocycles. The molecule has 0 nitrogen and oxygen atoms in total.